The lowest BCUT2D eigenvalue weighted by Crippen LogP contribution is -2.45. The summed E-state index contributed by atoms with van der Waals surface area (Å²) in [5.41, 5.74) is 0. The number of carboxylic acid groups (broad SMARTS) is 1. The molecule has 0 aliphatic heterocycles. The Morgan fingerprint density at radius 2 is 2.29 bits per heavy atom. The van der Waals surface area contributed by atoms with Gasteiger partial charge in [-0.25, -0.2) is 9.59 Å². The van der Waals surface area contributed by atoms with Gasteiger partial charge in [0, 0.05) is 9.35 Å². The molecular weight excluding hydrogens is 308 g/mol. The molecule has 0 spiro atoms. The maximum absolute atomic E-state index is 11.4. The number of amides is 2. The zero-order chi connectivity index (χ0) is 12.8. The fourth-order valence-corrected chi connectivity index (χ4v) is 2.59. The van der Waals surface area contributed by atoms with Gasteiger partial charge in [0.25, 0.3) is 0 Å². The summed E-state index contributed by atoms with van der Waals surface area (Å²) < 4.78 is 0.938. The highest BCUT2D eigenvalue weighted by atomic mass is 79.9. The highest BCUT2D eigenvalue weighted by Crippen LogP contribution is 2.21. The third-order valence-electron chi connectivity index (χ3n) is 2.11. The molecule has 5 nitrogen and oxygen atoms in total. The first-order valence-corrected chi connectivity index (χ1v) is 6.71. The number of thiophene rings is 1. The molecule has 3 N–H and O–H groups in total. The summed E-state index contributed by atoms with van der Waals surface area (Å²) in [5.74, 6) is -1.03. The number of carboxylic acids is 1. The summed E-state index contributed by atoms with van der Waals surface area (Å²) in [6.07, 6.45) is 0.353. The zero-order valence-electron chi connectivity index (χ0n) is 9.20. The monoisotopic (exact) mass is 320 g/mol. The van der Waals surface area contributed by atoms with Crippen LogP contribution in [-0.2, 0) is 11.3 Å². The normalized spacial score (nSPS) is 11.9. The predicted octanol–water partition coefficient (Wildman–Crippen LogP) is 2.17. The van der Waals surface area contributed by atoms with Crippen LogP contribution in [0.25, 0.3) is 0 Å². The van der Waals surface area contributed by atoms with Gasteiger partial charge in [0.1, 0.15) is 6.04 Å². The van der Waals surface area contributed by atoms with Crippen molar-refractivity contribution in [2.24, 2.45) is 0 Å². The first kappa shape index (κ1) is 14.0. The van der Waals surface area contributed by atoms with E-state index < -0.39 is 18.0 Å². The van der Waals surface area contributed by atoms with E-state index in [4.69, 9.17) is 5.11 Å². The minimum atomic E-state index is -1.03. The molecule has 0 fully saturated rings. The second-order valence-corrected chi connectivity index (χ2v) is 5.17. The van der Waals surface area contributed by atoms with Crippen LogP contribution in [0, 0.1) is 0 Å². The summed E-state index contributed by atoms with van der Waals surface area (Å²) in [7, 11) is 0. The highest BCUT2D eigenvalue weighted by Gasteiger charge is 2.17. The molecule has 0 aromatic carbocycles. The second-order valence-electron chi connectivity index (χ2n) is 3.32. The molecule has 0 saturated heterocycles. The molecule has 1 rings (SSSR count). The summed E-state index contributed by atoms with van der Waals surface area (Å²) in [6, 6.07) is 0.576. The van der Waals surface area contributed by atoms with Gasteiger partial charge in [-0.05, 0) is 33.8 Å². The number of carbonyl (C=O) groups excluding carboxylic acids is 1. The third kappa shape index (κ3) is 4.35. The Bertz CT molecular complexity index is 408. The van der Waals surface area contributed by atoms with Crippen LogP contribution in [0.3, 0.4) is 0 Å². The van der Waals surface area contributed by atoms with Crippen molar-refractivity contribution in [3.8, 4) is 0 Å². The molecule has 1 atom stereocenters. The van der Waals surface area contributed by atoms with E-state index in [2.05, 4.69) is 26.6 Å². The quantitative estimate of drug-likeness (QED) is 0.778. The number of nitrogens with one attached hydrogen (secondary N) is 2. The Morgan fingerprint density at radius 1 is 1.59 bits per heavy atom. The molecule has 0 aliphatic rings. The smallest absolute Gasteiger partial charge is 0.326 e. The number of hydrogen-bond acceptors (Lipinski definition) is 3. The minimum Gasteiger partial charge on any atom is -0.480 e. The van der Waals surface area contributed by atoms with Crippen LogP contribution in [0.15, 0.2) is 15.9 Å². The molecule has 0 radical (unpaired) electrons. The molecule has 0 saturated carbocycles. The molecule has 0 bridgehead atoms. The third-order valence-corrected chi connectivity index (χ3v) is 4.04. The van der Waals surface area contributed by atoms with Gasteiger partial charge >= 0.3 is 12.0 Å². The van der Waals surface area contributed by atoms with Crippen molar-refractivity contribution in [3.63, 3.8) is 0 Å². The van der Waals surface area contributed by atoms with E-state index in [0.29, 0.717) is 13.0 Å². The lowest BCUT2D eigenvalue weighted by Gasteiger charge is -2.12. The van der Waals surface area contributed by atoms with Crippen LogP contribution >= 0.6 is 27.3 Å². The molecule has 1 aromatic rings. The van der Waals surface area contributed by atoms with Crippen LogP contribution in [0.2, 0.25) is 0 Å². The Labute approximate surface area is 111 Å². The van der Waals surface area contributed by atoms with Crippen molar-refractivity contribution < 1.29 is 14.7 Å². The zero-order valence-corrected chi connectivity index (χ0v) is 11.6. The molecule has 17 heavy (non-hydrogen) atoms. The van der Waals surface area contributed by atoms with Gasteiger partial charge in [0.05, 0.1) is 6.54 Å². The first-order valence-electron chi connectivity index (χ1n) is 5.03. The van der Waals surface area contributed by atoms with Gasteiger partial charge in [0.2, 0.25) is 0 Å². The van der Waals surface area contributed by atoms with E-state index in [1.165, 1.54) is 11.3 Å². The fraction of sp³-hybridized carbons (Fsp3) is 0.400. The van der Waals surface area contributed by atoms with E-state index in [1.807, 2.05) is 11.4 Å². The van der Waals surface area contributed by atoms with Crippen molar-refractivity contribution in [2.75, 3.05) is 0 Å². The Balaban J connectivity index is 2.40. The summed E-state index contributed by atoms with van der Waals surface area (Å²) in [4.78, 5) is 23.1. The summed E-state index contributed by atoms with van der Waals surface area (Å²) in [6.45, 7) is 2.08. The minimum absolute atomic E-state index is 0.353. The average molecular weight is 321 g/mol. The predicted molar refractivity (Wildman–Crippen MR) is 69.1 cm³/mol. The van der Waals surface area contributed by atoms with Crippen molar-refractivity contribution >= 4 is 39.3 Å². The molecule has 94 valence electrons. The number of rotatable bonds is 5. The standard InChI is InChI=1S/C10H13BrN2O3S/c1-2-7(9(14)15)13-10(16)12-5-8-6(11)3-4-17-8/h3-4,7H,2,5H2,1H3,(H,14,15)(H2,12,13,16)/t7-/m0/s1. The number of urea groups is 1. The lowest BCUT2D eigenvalue weighted by molar-refractivity contribution is -0.139. The highest BCUT2D eigenvalue weighted by molar-refractivity contribution is 9.10. The van der Waals surface area contributed by atoms with Crippen molar-refractivity contribution in [1.82, 2.24) is 10.6 Å². The van der Waals surface area contributed by atoms with Gasteiger partial charge in [-0.15, -0.1) is 11.3 Å². The number of halogens is 1. The van der Waals surface area contributed by atoms with Crippen LogP contribution < -0.4 is 10.6 Å². The lowest BCUT2D eigenvalue weighted by atomic mass is 10.2. The molecule has 2 amide bonds. The Hall–Kier alpha value is -1.08. The van der Waals surface area contributed by atoms with Crippen molar-refractivity contribution in [3.05, 3.63) is 20.8 Å². The first-order chi connectivity index (χ1) is 8.04. The van der Waals surface area contributed by atoms with Crippen molar-refractivity contribution in [1.29, 1.82) is 0 Å². The molecule has 0 unspecified atom stereocenters. The molecule has 0 aliphatic carbocycles. The topological polar surface area (TPSA) is 78.4 Å². The fourth-order valence-electron chi connectivity index (χ4n) is 1.16. The Kier molecular flexibility index (Phi) is 5.43. The van der Waals surface area contributed by atoms with E-state index in [-0.39, 0.29) is 0 Å². The second kappa shape index (κ2) is 6.61. The number of hydrogen-bond donors (Lipinski definition) is 3. The molecule has 1 aromatic heterocycles. The molecular formula is C10H13BrN2O3S. The maximum Gasteiger partial charge on any atom is 0.326 e. The SMILES string of the molecule is CC[C@H](NC(=O)NCc1sccc1Br)C(=O)O. The van der Waals surface area contributed by atoms with E-state index >= 15 is 0 Å². The van der Waals surface area contributed by atoms with Gasteiger partial charge in [-0.2, -0.15) is 0 Å². The largest absolute Gasteiger partial charge is 0.480 e. The van der Waals surface area contributed by atoms with Gasteiger partial charge in [-0.3, -0.25) is 0 Å². The van der Waals surface area contributed by atoms with E-state index in [9.17, 15) is 9.59 Å². The van der Waals surface area contributed by atoms with Crippen LogP contribution in [0.4, 0.5) is 4.79 Å². The van der Waals surface area contributed by atoms with Crippen molar-refractivity contribution in [2.45, 2.75) is 25.9 Å². The average Bonchev–Trinajstić information content (AvgIpc) is 2.68. The summed E-state index contributed by atoms with van der Waals surface area (Å²) >= 11 is 4.87. The van der Waals surface area contributed by atoms with Gasteiger partial charge < -0.3 is 15.7 Å². The maximum atomic E-state index is 11.4. The van der Waals surface area contributed by atoms with Crippen LogP contribution in [0.1, 0.15) is 18.2 Å². The van der Waals surface area contributed by atoms with Crippen LogP contribution in [0.5, 0.6) is 0 Å². The Morgan fingerprint density at radius 3 is 2.76 bits per heavy atom. The van der Waals surface area contributed by atoms with Gasteiger partial charge in [0.15, 0.2) is 0 Å². The van der Waals surface area contributed by atoms with Gasteiger partial charge in [-0.1, -0.05) is 6.92 Å². The van der Waals surface area contributed by atoms with E-state index in [0.717, 1.165) is 9.35 Å². The van der Waals surface area contributed by atoms with Crippen LogP contribution in [-0.4, -0.2) is 23.1 Å². The summed E-state index contributed by atoms with van der Waals surface area (Å²) in [5, 5.41) is 15.7. The number of carbonyl (C=O) groups is 2. The molecule has 7 heteroatoms. The van der Waals surface area contributed by atoms with E-state index in [1.54, 1.807) is 6.92 Å². The number of aliphatic carboxylic acids is 1. The molecule has 1 heterocycles.